The summed E-state index contributed by atoms with van der Waals surface area (Å²) in [6.07, 6.45) is 7.97. The van der Waals surface area contributed by atoms with Crippen LogP contribution in [0.5, 0.6) is 0 Å². The van der Waals surface area contributed by atoms with Gasteiger partial charge in [-0.1, -0.05) is 26.2 Å². The van der Waals surface area contributed by atoms with E-state index in [-0.39, 0.29) is 6.61 Å². The van der Waals surface area contributed by atoms with E-state index in [4.69, 9.17) is 5.11 Å². The summed E-state index contributed by atoms with van der Waals surface area (Å²) in [5.41, 5.74) is 0. The summed E-state index contributed by atoms with van der Waals surface area (Å²) in [5, 5.41) is 10.00. The highest BCUT2D eigenvalue weighted by Gasteiger charge is 1.99. The number of aliphatic hydroxyl groups is 1. The van der Waals surface area contributed by atoms with Crippen LogP contribution < -0.4 is 0 Å². The van der Waals surface area contributed by atoms with Gasteiger partial charge < -0.3 is 5.11 Å². The summed E-state index contributed by atoms with van der Waals surface area (Å²) >= 11 is 1.63. The monoisotopic (exact) mass is 199 g/mol. The molecule has 1 N–H and O–H groups in total. The summed E-state index contributed by atoms with van der Waals surface area (Å²) in [6, 6.07) is 0. The zero-order valence-corrected chi connectivity index (χ0v) is 8.94. The van der Waals surface area contributed by atoms with Crippen molar-refractivity contribution in [2.75, 3.05) is 0 Å². The molecule has 1 aromatic rings. The molecule has 13 heavy (non-hydrogen) atoms. The van der Waals surface area contributed by atoms with Crippen LogP contribution in [0.2, 0.25) is 0 Å². The van der Waals surface area contributed by atoms with E-state index in [1.807, 2.05) is 0 Å². The number of aromatic nitrogens is 1. The molecule has 0 saturated carbocycles. The van der Waals surface area contributed by atoms with E-state index in [1.165, 1.54) is 30.7 Å². The first kappa shape index (κ1) is 10.7. The highest BCUT2D eigenvalue weighted by atomic mass is 32.1. The molecule has 0 aliphatic carbocycles. The van der Waals surface area contributed by atoms with Gasteiger partial charge in [0.05, 0.1) is 16.5 Å². The summed E-state index contributed by atoms with van der Waals surface area (Å²) in [7, 11) is 0. The molecule has 0 saturated heterocycles. The molecule has 3 heteroatoms. The van der Waals surface area contributed by atoms with Gasteiger partial charge in [-0.3, -0.25) is 0 Å². The predicted molar refractivity (Wildman–Crippen MR) is 55.9 cm³/mol. The van der Waals surface area contributed by atoms with Crippen molar-refractivity contribution in [1.82, 2.24) is 4.98 Å². The normalized spacial score (nSPS) is 10.6. The fourth-order valence-electron chi connectivity index (χ4n) is 1.24. The van der Waals surface area contributed by atoms with Crippen molar-refractivity contribution in [2.45, 2.75) is 45.6 Å². The summed E-state index contributed by atoms with van der Waals surface area (Å²) < 4.78 is 0. The molecule has 0 atom stereocenters. The zero-order chi connectivity index (χ0) is 9.52. The minimum absolute atomic E-state index is 0.132. The van der Waals surface area contributed by atoms with Gasteiger partial charge in [-0.15, -0.1) is 11.3 Å². The molecule has 2 nitrogen and oxygen atoms in total. The number of thiazole rings is 1. The van der Waals surface area contributed by atoms with Crippen LogP contribution in [0.4, 0.5) is 0 Å². The highest BCUT2D eigenvalue weighted by Crippen LogP contribution is 2.15. The summed E-state index contributed by atoms with van der Waals surface area (Å²) in [5.74, 6) is 0. The Labute approximate surface area is 83.6 Å². The quantitative estimate of drug-likeness (QED) is 0.715. The molecule has 0 aliphatic heterocycles. The van der Waals surface area contributed by atoms with E-state index in [0.29, 0.717) is 0 Å². The molecular formula is C10H17NOS. The number of unbranched alkanes of at least 4 members (excludes halogenated alkanes) is 3. The lowest BCUT2D eigenvalue weighted by molar-refractivity contribution is 0.285. The lowest BCUT2D eigenvalue weighted by Crippen LogP contribution is -1.83. The van der Waals surface area contributed by atoms with E-state index in [9.17, 15) is 0 Å². The minimum atomic E-state index is 0.132. The number of aliphatic hydroxyl groups excluding tert-OH is 1. The highest BCUT2D eigenvalue weighted by molar-refractivity contribution is 7.11. The van der Waals surface area contributed by atoms with Gasteiger partial charge in [-0.05, 0) is 12.8 Å². The van der Waals surface area contributed by atoms with E-state index in [2.05, 4.69) is 11.9 Å². The third kappa shape index (κ3) is 3.87. The fraction of sp³-hybridized carbons (Fsp3) is 0.700. The van der Waals surface area contributed by atoms with Crippen LogP contribution in [0, 0.1) is 0 Å². The molecule has 0 aliphatic rings. The van der Waals surface area contributed by atoms with E-state index < -0.39 is 0 Å². The molecule has 0 amide bonds. The molecule has 0 spiro atoms. The van der Waals surface area contributed by atoms with Crippen molar-refractivity contribution >= 4 is 11.3 Å². The maximum atomic E-state index is 8.83. The van der Waals surface area contributed by atoms with Crippen molar-refractivity contribution in [3.05, 3.63) is 16.1 Å². The number of nitrogens with zero attached hydrogens (tertiary/aromatic N) is 1. The Hall–Kier alpha value is -0.410. The van der Waals surface area contributed by atoms with Crippen molar-refractivity contribution in [3.8, 4) is 0 Å². The van der Waals surface area contributed by atoms with Gasteiger partial charge in [-0.25, -0.2) is 4.98 Å². The second kappa shape index (κ2) is 6.11. The third-order valence-electron chi connectivity index (χ3n) is 2.00. The molecule has 1 heterocycles. The molecule has 0 fully saturated rings. The van der Waals surface area contributed by atoms with Crippen molar-refractivity contribution < 1.29 is 5.11 Å². The van der Waals surface area contributed by atoms with E-state index in [0.717, 1.165) is 11.3 Å². The molecule has 0 radical (unpaired) electrons. The van der Waals surface area contributed by atoms with Crippen LogP contribution >= 0.6 is 11.3 Å². The van der Waals surface area contributed by atoms with Gasteiger partial charge in [-0.2, -0.15) is 0 Å². The molecule has 1 rings (SSSR count). The van der Waals surface area contributed by atoms with Crippen LogP contribution in [0.25, 0.3) is 0 Å². The first-order chi connectivity index (χ1) is 6.36. The van der Waals surface area contributed by atoms with Crippen molar-refractivity contribution in [2.24, 2.45) is 0 Å². The predicted octanol–water partition coefficient (Wildman–Crippen LogP) is 2.76. The Balaban J connectivity index is 2.20. The number of rotatable bonds is 6. The lowest BCUT2D eigenvalue weighted by atomic mass is 10.2. The fourth-order valence-corrected chi connectivity index (χ4v) is 2.06. The van der Waals surface area contributed by atoms with Gasteiger partial charge in [0.2, 0.25) is 0 Å². The Morgan fingerprint density at radius 3 is 2.85 bits per heavy atom. The largest absolute Gasteiger partial charge is 0.391 e. The van der Waals surface area contributed by atoms with Crippen LogP contribution in [0.1, 0.15) is 42.5 Å². The maximum absolute atomic E-state index is 8.83. The van der Waals surface area contributed by atoms with Gasteiger partial charge in [0.25, 0.3) is 0 Å². The molecule has 1 aromatic heterocycles. The average Bonchev–Trinajstić information content (AvgIpc) is 2.60. The number of hydrogen-bond donors (Lipinski definition) is 1. The molecule has 0 bridgehead atoms. The molecule has 74 valence electrons. The van der Waals surface area contributed by atoms with Gasteiger partial charge in [0, 0.05) is 6.20 Å². The Morgan fingerprint density at radius 1 is 1.38 bits per heavy atom. The molecule has 0 aromatic carbocycles. The Bertz CT molecular complexity index is 235. The first-order valence-corrected chi connectivity index (χ1v) is 5.73. The van der Waals surface area contributed by atoms with Crippen molar-refractivity contribution in [1.29, 1.82) is 0 Å². The summed E-state index contributed by atoms with van der Waals surface area (Å²) in [4.78, 5) is 5.22. The second-order valence-corrected chi connectivity index (χ2v) is 4.39. The standard InChI is InChI=1S/C10H17NOS/c1-2-3-4-5-6-10-11-7-9(8-12)13-10/h7,12H,2-6,8H2,1H3. The van der Waals surface area contributed by atoms with Crippen LogP contribution in [0.3, 0.4) is 0 Å². The SMILES string of the molecule is CCCCCCc1ncc(CO)s1. The minimum Gasteiger partial charge on any atom is -0.391 e. The molecule has 0 unspecified atom stereocenters. The van der Waals surface area contributed by atoms with E-state index >= 15 is 0 Å². The number of hydrogen-bond acceptors (Lipinski definition) is 3. The first-order valence-electron chi connectivity index (χ1n) is 4.91. The zero-order valence-electron chi connectivity index (χ0n) is 8.12. The van der Waals surface area contributed by atoms with E-state index in [1.54, 1.807) is 17.5 Å². The second-order valence-electron chi connectivity index (χ2n) is 3.19. The van der Waals surface area contributed by atoms with Gasteiger partial charge in [0.15, 0.2) is 0 Å². The van der Waals surface area contributed by atoms with Gasteiger partial charge >= 0.3 is 0 Å². The van der Waals surface area contributed by atoms with Crippen LogP contribution in [-0.4, -0.2) is 10.1 Å². The summed E-state index contributed by atoms with van der Waals surface area (Å²) in [6.45, 7) is 2.35. The smallest absolute Gasteiger partial charge is 0.0928 e. The van der Waals surface area contributed by atoms with Crippen molar-refractivity contribution in [3.63, 3.8) is 0 Å². The topological polar surface area (TPSA) is 33.1 Å². The Morgan fingerprint density at radius 2 is 2.23 bits per heavy atom. The van der Waals surface area contributed by atoms with Gasteiger partial charge in [0.1, 0.15) is 0 Å². The van der Waals surface area contributed by atoms with Crippen LogP contribution in [0.15, 0.2) is 6.20 Å². The van der Waals surface area contributed by atoms with Crippen LogP contribution in [-0.2, 0) is 13.0 Å². The Kier molecular flexibility index (Phi) is 5.01. The molecular weight excluding hydrogens is 182 g/mol. The average molecular weight is 199 g/mol. The number of aryl methyl sites for hydroxylation is 1. The lowest BCUT2D eigenvalue weighted by Gasteiger charge is -1.95. The maximum Gasteiger partial charge on any atom is 0.0928 e. The third-order valence-corrected chi connectivity index (χ3v) is 3.04.